The molecule has 0 saturated heterocycles. The van der Waals surface area contributed by atoms with Gasteiger partial charge in [-0.05, 0) is 52.7 Å². The topological polar surface area (TPSA) is 26.3 Å². The average Bonchev–Trinajstić information content (AvgIpc) is 2.32. The van der Waals surface area contributed by atoms with Gasteiger partial charge in [0, 0.05) is 6.42 Å². The molecule has 0 bridgehead atoms. The fourth-order valence-corrected chi connectivity index (χ4v) is 3.15. The maximum atomic E-state index is 12.7. The summed E-state index contributed by atoms with van der Waals surface area (Å²) in [6.07, 6.45) is 5.13. The maximum Gasteiger partial charge on any atom is 0.319 e. The van der Waals surface area contributed by atoms with Crippen LogP contribution in [-0.2, 0) is 9.53 Å². The average molecular weight is 339 g/mol. The molecular formula is C17H32F2O2S. The number of thioether (sulfide) groups is 1. The molecule has 0 rings (SSSR count). The molecule has 0 fully saturated rings. The fraction of sp³-hybridized carbons (Fsp3) is 0.941. The van der Waals surface area contributed by atoms with Gasteiger partial charge in [0.1, 0.15) is 10.9 Å². The molecule has 0 aromatic heterocycles. The second kappa shape index (κ2) is 10.5. The minimum atomic E-state index is -2.59. The molecule has 2 nitrogen and oxygen atoms in total. The van der Waals surface area contributed by atoms with Gasteiger partial charge in [-0.1, -0.05) is 26.2 Å². The third-order valence-corrected chi connectivity index (χ3v) is 4.42. The Balaban J connectivity index is 4.20. The summed E-state index contributed by atoms with van der Waals surface area (Å²) in [5.41, 5.74) is -0.481. The molecular weight excluding hydrogens is 306 g/mol. The number of carbonyl (C=O) groups is 1. The Morgan fingerprint density at radius 2 is 1.73 bits per heavy atom. The van der Waals surface area contributed by atoms with Crippen LogP contribution in [0.4, 0.5) is 8.78 Å². The quantitative estimate of drug-likeness (QED) is 0.350. The third kappa shape index (κ3) is 13.4. The summed E-state index contributed by atoms with van der Waals surface area (Å²) in [6, 6.07) is 0. The van der Waals surface area contributed by atoms with Gasteiger partial charge in [0.15, 0.2) is 0 Å². The van der Waals surface area contributed by atoms with Crippen molar-refractivity contribution in [2.45, 2.75) is 96.3 Å². The van der Waals surface area contributed by atoms with Crippen LogP contribution in [0.5, 0.6) is 0 Å². The number of alkyl halides is 2. The third-order valence-electron chi connectivity index (χ3n) is 3.07. The first-order chi connectivity index (χ1) is 10.0. The monoisotopic (exact) mass is 338 g/mol. The lowest BCUT2D eigenvalue weighted by molar-refractivity contribution is -0.154. The van der Waals surface area contributed by atoms with Gasteiger partial charge in [0.2, 0.25) is 5.92 Å². The highest BCUT2D eigenvalue weighted by molar-refractivity contribution is 8.00. The van der Waals surface area contributed by atoms with Crippen molar-refractivity contribution in [3.05, 3.63) is 0 Å². The van der Waals surface area contributed by atoms with Crippen LogP contribution in [0.1, 0.15) is 79.6 Å². The molecule has 0 aliphatic rings. The van der Waals surface area contributed by atoms with E-state index in [2.05, 4.69) is 6.92 Å². The van der Waals surface area contributed by atoms with Gasteiger partial charge in [-0.3, -0.25) is 4.79 Å². The van der Waals surface area contributed by atoms with Crippen molar-refractivity contribution in [2.24, 2.45) is 0 Å². The molecule has 0 saturated carbocycles. The molecule has 5 heteroatoms. The molecule has 0 aromatic carbocycles. The van der Waals surface area contributed by atoms with E-state index in [0.717, 1.165) is 38.4 Å². The van der Waals surface area contributed by atoms with Crippen molar-refractivity contribution in [2.75, 3.05) is 5.75 Å². The first-order valence-corrected chi connectivity index (χ1v) is 9.32. The Morgan fingerprint density at radius 3 is 2.23 bits per heavy atom. The van der Waals surface area contributed by atoms with Crippen LogP contribution >= 0.6 is 11.8 Å². The highest BCUT2D eigenvalue weighted by Crippen LogP contribution is 2.25. The van der Waals surface area contributed by atoms with E-state index in [1.807, 2.05) is 20.8 Å². The molecule has 0 aliphatic heterocycles. The molecule has 1 atom stereocenters. The molecule has 0 aliphatic carbocycles. The molecule has 1 unspecified atom stereocenters. The second-order valence-corrected chi connectivity index (χ2v) is 8.23. The van der Waals surface area contributed by atoms with Gasteiger partial charge >= 0.3 is 5.97 Å². The van der Waals surface area contributed by atoms with E-state index in [1.54, 1.807) is 11.8 Å². The Bertz CT molecular complexity index is 309. The van der Waals surface area contributed by atoms with Crippen molar-refractivity contribution < 1.29 is 18.3 Å². The highest BCUT2D eigenvalue weighted by atomic mass is 32.2. The van der Waals surface area contributed by atoms with E-state index < -0.39 is 11.5 Å². The largest absolute Gasteiger partial charge is 0.459 e. The fourth-order valence-electron chi connectivity index (χ4n) is 1.98. The molecule has 0 N–H and O–H groups in total. The van der Waals surface area contributed by atoms with Gasteiger partial charge in [-0.25, -0.2) is 8.78 Å². The van der Waals surface area contributed by atoms with E-state index in [4.69, 9.17) is 4.74 Å². The maximum absolute atomic E-state index is 12.7. The summed E-state index contributed by atoms with van der Waals surface area (Å²) in [7, 11) is 0. The van der Waals surface area contributed by atoms with Gasteiger partial charge in [0.05, 0.1) is 0 Å². The minimum absolute atomic E-state index is 0.0828. The highest BCUT2D eigenvalue weighted by Gasteiger charge is 2.25. The smallest absolute Gasteiger partial charge is 0.319 e. The first kappa shape index (κ1) is 21.7. The zero-order chi connectivity index (χ0) is 17.2. The molecule has 22 heavy (non-hydrogen) atoms. The summed E-state index contributed by atoms with van der Waals surface area (Å²) in [5, 5.41) is -0.173. The van der Waals surface area contributed by atoms with Gasteiger partial charge in [-0.2, -0.15) is 0 Å². The number of unbranched alkanes of at least 4 members (excludes halogenated alkanes) is 3. The Labute approximate surface area is 138 Å². The van der Waals surface area contributed by atoms with Gasteiger partial charge < -0.3 is 4.74 Å². The molecule has 0 heterocycles. The van der Waals surface area contributed by atoms with E-state index in [0.29, 0.717) is 12.8 Å². The SMILES string of the molecule is CCCCCC(SCCCCC(C)(F)F)C(=O)OC(C)(C)C. The van der Waals surface area contributed by atoms with Crippen LogP contribution in [0.2, 0.25) is 0 Å². The number of hydrogen-bond acceptors (Lipinski definition) is 3. The van der Waals surface area contributed by atoms with Crippen molar-refractivity contribution in [3.63, 3.8) is 0 Å². The lowest BCUT2D eigenvalue weighted by Crippen LogP contribution is -2.30. The summed E-state index contributed by atoms with van der Waals surface area (Å²) in [5.74, 6) is -2.03. The lowest BCUT2D eigenvalue weighted by atomic mass is 10.1. The van der Waals surface area contributed by atoms with Gasteiger partial charge in [0.25, 0.3) is 0 Å². The Hall–Kier alpha value is -0.320. The summed E-state index contributed by atoms with van der Waals surface area (Å²) in [6.45, 7) is 8.67. The Kier molecular flexibility index (Phi) is 10.3. The normalized spacial score (nSPS) is 14.0. The first-order valence-electron chi connectivity index (χ1n) is 8.27. The predicted molar refractivity (Wildman–Crippen MR) is 90.7 cm³/mol. The second-order valence-electron chi connectivity index (χ2n) is 6.92. The standard InChI is InChI=1S/C17H32F2O2S/c1-6-7-8-11-14(15(20)21-16(2,3)4)22-13-10-9-12-17(5,18)19/h14H,6-13H2,1-5H3. The minimum Gasteiger partial charge on any atom is -0.459 e. The number of halogens is 2. The molecule has 132 valence electrons. The summed E-state index contributed by atoms with van der Waals surface area (Å²) < 4.78 is 31.0. The van der Waals surface area contributed by atoms with Crippen LogP contribution in [-0.4, -0.2) is 28.5 Å². The number of ether oxygens (including phenoxy) is 1. The van der Waals surface area contributed by atoms with Crippen LogP contribution in [0.25, 0.3) is 0 Å². The van der Waals surface area contributed by atoms with Gasteiger partial charge in [-0.15, -0.1) is 11.8 Å². The zero-order valence-corrected chi connectivity index (χ0v) is 15.5. The number of rotatable bonds is 11. The molecule has 0 radical (unpaired) electrons. The van der Waals surface area contributed by atoms with E-state index in [1.165, 1.54) is 0 Å². The van der Waals surface area contributed by atoms with Crippen molar-refractivity contribution in [1.82, 2.24) is 0 Å². The Morgan fingerprint density at radius 1 is 1.09 bits per heavy atom. The van der Waals surface area contributed by atoms with Crippen LogP contribution in [0.15, 0.2) is 0 Å². The van der Waals surface area contributed by atoms with Crippen LogP contribution < -0.4 is 0 Å². The summed E-state index contributed by atoms with van der Waals surface area (Å²) >= 11 is 1.55. The predicted octanol–water partition coefficient (Wildman–Crippen LogP) is 5.84. The van der Waals surface area contributed by atoms with Crippen molar-refractivity contribution in [1.29, 1.82) is 0 Å². The number of esters is 1. The molecule has 0 spiro atoms. The van der Waals surface area contributed by atoms with Crippen LogP contribution in [0.3, 0.4) is 0 Å². The van der Waals surface area contributed by atoms with Crippen molar-refractivity contribution >= 4 is 17.7 Å². The van der Waals surface area contributed by atoms with E-state index >= 15 is 0 Å². The summed E-state index contributed by atoms with van der Waals surface area (Å²) in [4.78, 5) is 12.2. The van der Waals surface area contributed by atoms with E-state index in [-0.39, 0.29) is 17.6 Å². The van der Waals surface area contributed by atoms with Crippen molar-refractivity contribution in [3.8, 4) is 0 Å². The molecule has 0 amide bonds. The lowest BCUT2D eigenvalue weighted by Gasteiger charge is -2.24. The zero-order valence-electron chi connectivity index (χ0n) is 14.7. The molecule has 0 aromatic rings. The number of hydrogen-bond donors (Lipinski definition) is 0. The van der Waals surface area contributed by atoms with Crippen LogP contribution in [0, 0.1) is 0 Å². The van der Waals surface area contributed by atoms with E-state index in [9.17, 15) is 13.6 Å². The number of carbonyl (C=O) groups excluding carboxylic acids is 1.